The highest BCUT2D eigenvalue weighted by molar-refractivity contribution is 5.73. The summed E-state index contributed by atoms with van der Waals surface area (Å²) in [4.78, 5) is 22.1. The highest BCUT2D eigenvalue weighted by Gasteiger charge is 2.09. The minimum Gasteiger partial charge on any atom is -0.481 e. The molecule has 0 rings (SSSR count). The van der Waals surface area contributed by atoms with Gasteiger partial charge in [0.05, 0.1) is 0 Å². The van der Waals surface area contributed by atoms with Gasteiger partial charge < -0.3 is 15.7 Å². The van der Waals surface area contributed by atoms with Crippen LogP contribution in [0.5, 0.6) is 0 Å². The molecule has 0 aromatic rings. The molecule has 0 bridgehead atoms. The maximum atomic E-state index is 11.6. The smallest absolute Gasteiger partial charge is 0.314 e. The van der Waals surface area contributed by atoms with Crippen LogP contribution in [0, 0.1) is 11.8 Å². The van der Waals surface area contributed by atoms with Crippen molar-refractivity contribution in [2.75, 3.05) is 13.1 Å². The van der Waals surface area contributed by atoms with Crippen LogP contribution >= 0.6 is 0 Å². The normalized spacial score (nSPS) is 12.2. The summed E-state index contributed by atoms with van der Waals surface area (Å²) in [6.07, 6.45) is 6.04. The number of carboxylic acids is 1. The summed E-state index contributed by atoms with van der Waals surface area (Å²) in [6.45, 7) is 7.79. The van der Waals surface area contributed by atoms with Gasteiger partial charge in [-0.25, -0.2) is 4.79 Å². The van der Waals surface area contributed by atoms with Crippen LogP contribution in [0.15, 0.2) is 0 Å². The molecule has 0 heterocycles. The number of aliphatic carboxylic acids is 1. The summed E-state index contributed by atoms with van der Waals surface area (Å²) >= 11 is 0. The molecule has 0 aliphatic heterocycles. The lowest BCUT2D eigenvalue weighted by molar-refractivity contribution is -0.137. The lowest BCUT2D eigenvalue weighted by Crippen LogP contribution is -2.37. The van der Waals surface area contributed by atoms with Crippen LogP contribution in [0.3, 0.4) is 0 Å². The predicted molar refractivity (Wildman–Crippen MR) is 85.4 cm³/mol. The van der Waals surface area contributed by atoms with Crippen LogP contribution in [-0.4, -0.2) is 30.2 Å². The van der Waals surface area contributed by atoms with E-state index in [1.54, 1.807) is 0 Å². The molecule has 0 saturated carbocycles. The van der Waals surface area contributed by atoms with Crippen molar-refractivity contribution in [3.05, 3.63) is 0 Å². The third kappa shape index (κ3) is 13.5. The molecule has 0 aromatic carbocycles. The fourth-order valence-corrected chi connectivity index (χ4v) is 2.21. The number of urea groups is 1. The first-order valence-corrected chi connectivity index (χ1v) is 8.19. The Morgan fingerprint density at radius 2 is 1.67 bits per heavy atom. The molecule has 0 aromatic heterocycles. The summed E-state index contributed by atoms with van der Waals surface area (Å²) in [5.74, 6) is 0.337. The van der Waals surface area contributed by atoms with Crippen LogP contribution < -0.4 is 10.6 Å². The van der Waals surface area contributed by atoms with Gasteiger partial charge in [0.15, 0.2) is 0 Å². The van der Waals surface area contributed by atoms with Crippen LogP contribution in [0.25, 0.3) is 0 Å². The summed E-state index contributed by atoms with van der Waals surface area (Å²) in [5.41, 5.74) is 0. The van der Waals surface area contributed by atoms with E-state index in [-0.39, 0.29) is 12.5 Å². The van der Waals surface area contributed by atoms with E-state index in [2.05, 4.69) is 31.4 Å². The zero-order valence-corrected chi connectivity index (χ0v) is 13.8. The van der Waals surface area contributed by atoms with Gasteiger partial charge in [-0.1, -0.05) is 40.0 Å². The summed E-state index contributed by atoms with van der Waals surface area (Å²) in [6, 6.07) is -0.118. The number of carbonyl (C=O) groups is 2. The SMILES string of the molecule is CCC(CCNC(=O)NCCCCC(C)C)CCC(=O)O. The third-order valence-electron chi connectivity index (χ3n) is 3.68. The van der Waals surface area contributed by atoms with E-state index in [9.17, 15) is 9.59 Å². The Bertz CT molecular complexity index is 293. The number of hydrogen-bond donors (Lipinski definition) is 3. The molecule has 0 saturated heterocycles. The standard InChI is InChI=1S/C16H32N2O3/c1-4-14(8-9-15(19)20)10-12-18-16(21)17-11-6-5-7-13(2)3/h13-14H,4-12H2,1-3H3,(H,19,20)(H2,17,18,21). The van der Waals surface area contributed by atoms with E-state index in [1.165, 1.54) is 6.42 Å². The molecule has 0 aliphatic carbocycles. The Morgan fingerprint density at radius 1 is 1.00 bits per heavy atom. The van der Waals surface area contributed by atoms with E-state index >= 15 is 0 Å². The van der Waals surface area contributed by atoms with Gasteiger partial charge in [-0.15, -0.1) is 0 Å². The molecule has 2 amide bonds. The molecule has 124 valence electrons. The monoisotopic (exact) mass is 300 g/mol. The van der Waals surface area contributed by atoms with E-state index < -0.39 is 5.97 Å². The second-order valence-corrected chi connectivity index (χ2v) is 6.07. The zero-order valence-electron chi connectivity index (χ0n) is 13.8. The van der Waals surface area contributed by atoms with Crippen molar-refractivity contribution in [2.24, 2.45) is 11.8 Å². The zero-order chi connectivity index (χ0) is 16.1. The number of nitrogens with one attached hydrogen (secondary N) is 2. The number of carbonyl (C=O) groups excluding carboxylic acids is 1. The first-order valence-electron chi connectivity index (χ1n) is 8.19. The lowest BCUT2D eigenvalue weighted by Gasteiger charge is -2.14. The Hall–Kier alpha value is -1.26. The van der Waals surface area contributed by atoms with Crippen molar-refractivity contribution < 1.29 is 14.7 Å². The maximum Gasteiger partial charge on any atom is 0.314 e. The molecule has 1 atom stereocenters. The predicted octanol–water partition coefficient (Wildman–Crippen LogP) is 3.39. The van der Waals surface area contributed by atoms with Crippen molar-refractivity contribution in [3.8, 4) is 0 Å². The minimum absolute atomic E-state index is 0.118. The van der Waals surface area contributed by atoms with Gasteiger partial charge in [0.1, 0.15) is 0 Å². The van der Waals surface area contributed by atoms with Crippen molar-refractivity contribution >= 4 is 12.0 Å². The average Bonchev–Trinajstić information content (AvgIpc) is 2.41. The Morgan fingerprint density at radius 3 is 2.24 bits per heavy atom. The van der Waals surface area contributed by atoms with Crippen molar-refractivity contribution in [2.45, 2.75) is 65.7 Å². The molecule has 1 unspecified atom stereocenters. The second kappa shape index (κ2) is 12.5. The van der Waals surface area contributed by atoms with E-state index in [0.717, 1.165) is 38.1 Å². The molecular formula is C16H32N2O3. The summed E-state index contributed by atoms with van der Waals surface area (Å²) < 4.78 is 0. The highest BCUT2D eigenvalue weighted by atomic mass is 16.4. The quantitative estimate of drug-likeness (QED) is 0.483. The number of carboxylic acid groups (broad SMARTS) is 1. The molecule has 0 fully saturated rings. The fraction of sp³-hybridized carbons (Fsp3) is 0.875. The molecule has 5 nitrogen and oxygen atoms in total. The highest BCUT2D eigenvalue weighted by Crippen LogP contribution is 2.14. The summed E-state index contributed by atoms with van der Waals surface area (Å²) in [5, 5.41) is 14.4. The largest absolute Gasteiger partial charge is 0.481 e. The topological polar surface area (TPSA) is 78.4 Å². The molecule has 0 spiro atoms. The molecule has 21 heavy (non-hydrogen) atoms. The Balaban J connectivity index is 3.56. The minimum atomic E-state index is -0.749. The van der Waals surface area contributed by atoms with Crippen LogP contribution in [0.1, 0.15) is 65.7 Å². The van der Waals surface area contributed by atoms with Gasteiger partial charge in [-0.2, -0.15) is 0 Å². The number of unbranched alkanes of at least 4 members (excludes halogenated alkanes) is 1. The first-order chi connectivity index (χ1) is 9.95. The average molecular weight is 300 g/mol. The maximum absolute atomic E-state index is 11.6. The molecule has 5 heteroatoms. The van der Waals surface area contributed by atoms with E-state index in [0.29, 0.717) is 18.9 Å². The number of amides is 2. The Kier molecular flexibility index (Phi) is 11.7. The van der Waals surface area contributed by atoms with Crippen LogP contribution in [0.4, 0.5) is 4.79 Å². The first kappa shape index (κ1) is 19.7. The van der Waals surface area contributed by atoms with E-state index in [1.807, 2.05) is 0 Å². The molecular weight excluding hydrogens is 268 g/mol. The molecule has 3 N–H and O–H groups in total. The Labute approximate surface area is 128 Å². The molecule has 0 radical (unpaired) electrons. The lowest BCUT2D eigenvalue weighted by atomic mass is 9.97. The van der Waals surface area contributed by atoms with Gasteiger partial charge in [0.25, 0.3) is 0 Å². The van der Waals surface area contributed by atoms with Crippen LogP contribution in [0.2, 0.25) is 0 Å². The van der Waals surface area contributed by atoms with Gasteiger partial charge in [-0.3, -0.25) is 4.79 Å². The number of rotatable bonds is 12. The van der Waals surface area contributed by atoms with Crippen LogP contribution in [-0.2, 0) is 4.79 Å². The van der Waals surface area contributed by atoms with Gasteiger partial charge in [0, 0.05) is 19.5 Å². The number of hydrogen-bond acceptors (Lipinski definition) is 2. The van der Waals surface area contributed by atoms with Gasteiger partial charge in [0.2, 0.25) is 0 Å². The van der Waals surface area contributed by atoms with Crippen molar-refractivity contribution in [1.82, 2.24) is 10.6 Å². The fourth-order valence-electron chi connectivity index (χ4n) is 2.21. The molecule has 0 aliphatic rings. The van der Waals surface area contributed by atoms with E-state index in [4.69, 9.17) is 5.11 Å². The van der Waals surface area contributed by atoms with Gasteiger partial charge >= 0.3 is 12.0 Å². The second-order valence-electron chi connectivity index (χ2n) is 6.07. The third-order valence-corrected chi connectivity index (χ3v) is 3.68. The van der Waals surface area contributed by atoms with Crippen molar-refractivity contribution in [1.29, 1.82) is 0 Å². The van der Waals surface area contributed by atoms with Gasteiger partial charge in [-0.05, 0) is 31.1 Å². The summed E-state index contributed by atoms with van der Waals surface area (Å²) in [7, 11) is 0. The van der Waals surface area contributed by atoms with Crippen molar-refractivity contribution in [3.63, 3.8) is 0 Å².